The molecule has 0 saturated carbocycles. The van der Waals surface area contributed by atoms with Crippen molar-refractivity contribution >= 4 is 22.4 Å². The molecule has 0 bridgehead atoms. The Kier molecular flexibility index (Phi) is 2.29. The monoisotopic (exact) mass is 271 g/mol. The third kappa shape index (κ3) is 1.73. The Morgan fingerprint density at radius 2 is 2.00 bits per heavy atom. The summed E-state index contributed by atoms with van der Waals surface area (Å²) >= 11 is 0. The zero-order valence-electron chi connectivity index (χ0n) is 10.3. The number of hydrogen-bond acceptors (Lipinski definition) is 4. The first-order valence-electron chi connectivity index (χ1n) is 6.10. The average Bonchev–Trinajstić information content (AvgIpc) is 3.05. The highest BCUT2D eigenvalue weighted by atomic mass is 19.1. The Morgan fingerprint density at radius 1 is 1.10 bits per heavy atom. The second-order valence-corrected chi connectivity index (χ2v) is 4.46. The summed E-state index contributed by atoms with van der Waals surface area (Å²) in [5, 5.41) is 10.9. The normalized spacial score (nSPS) is 12.8. The molecule has 100 valence electrons. The lowest BCUT2D eigenvalue weighted by Gasteiger charge is -2.04. The van der Waals surface area contributed by atoms with Gasteiger partial charge in [-0.15, -0.1) is 0 Å². The van der Waals surface area contributed by atoms with E-state index in [0.717, 1.165) is 16.8 Å². The molecule has 0 amide bonds. The highest BCUT2D eigenvalue weighted by molar-refractivity contribution is 5.91. The first-order chi connectivity index (χ1) is 9.79. The maximum Gasteiger partial charge on any atom is 0.231 e. The highest BCUT2D eigenvalue weighted by Gasteiger charge is 2.14. The fourth-order valence-electron chi connectivity index (χ4n) is 2.20. The number of ether oxygens (including phenoxy) is 2. The number of hydrogen-bond donors (Lipinski definition) is 2. The average molecular weight is 271 g/mol. The second-order valence-electron chi connectivity index (χ2n) is 4.46. The van der Waals surface area contributed by atoms with Crippen molar-refractivity contribution in [1.82, 2.24) is 10.2 Å². The summed E-state index contributed by atoms with van der Waals surface area (Å²) in [5.74, 6) is 1.76. The van der Waals surface area contributed by atoms with E-state index in [1.54, 1.807) is 6.07 Å². The SMILES string of the molecule is Fc1ccc2c(Nc3ccc4c(c3)OCO4)n[nH]c2c1. The predicted octanol–water partition coefficient (Wildman–Crippen LogP) is 3.17. The molecule has 0 atom stereocenters. The summed E-state index contributed by atoms with van der Waals surface area (Å²) in [4.78, 5) is 0. The number of halogens is 1. The van der Waals surface area contributed by atoms with Crippen LogP contribution in [-0.2, 0) is 0 Å². The van der Waals surface area contributed by atoms with Crippen LogP contribution in [0, 0.1) is 5.82 Å². The van der Waals surface area contributed by atoms with Gasteiger partial charge in [0.25, 0.3) is 0 Å². The van der Waals surface area contributed by atoms with Crippen LogP contribution in [0.5, 0.6) is 11.5 Å². The number of aromatic nitrogens is 2. The van der Waals surface area contributed by atoms with E-state index in [1.807, 2.05) is 18.2 Å². The summed E-state index contributed by atoms with van der Waals surface area (Å²) in [6.45, 7) is 0.239. The number of fused-ring (bicyclic) bond motifs is 2. The third-order valence-corrected chi connectivity index (χ3v) is 3.16. The molecule has 20 heavy (non-hydrogen) atoms. The minimum absolute atomic E-state index is 0.239. The number of aromatic amines is 1. The molecule has 4 rings (SSSR count). The van der Waals surface area contributed by atoms with Crippen LogP contribution in [0.1, 0.15) is 0 Å². The fraction of sp³-hybridized carbons (Fsp3) is 0.0714. The third-order valence-electron chi connectivity index (χ3n) is 3.16. The molecule has 5 nitrogen and oxygen atoms in total. The molecule has 0 unspecified atom stereocenters. The van der Waals surface area contributed by atoms with E-state index >= 15 is 0 Å². The highest BCUT2D eigenvalue weighted by Crippen LogP contribution is 2.35. The molecule has 1 aliphatic rings. The predicted molar refractivity (Wildman–Crippen MR) is 71.9 cm³/mol. The van der Waals surface area contributed by atoms with E-state index in [2.05, 4.69) is 15.5 Å². The van der Waals surface area contributed by atoms with Gasteiger partial charge in [0.1, 0.15) is 5.82 Å². The van der Waals surface area contributed by atoms with Crippen molar-refractivity contribution < 1.29 is 13.9 Å². The summed E-state index contributed by atoms with van der Waals surface area (Å²) in [6.07, 6.45) is 0. The standard InChI is InChI=1S/C14H10FN3O2/c15-8-1-3-10-11(5-8)17-18-14(10)16-9-2-4-12-13(6-9)20-7-19-12/h1-6H,7H2,(H2,16,17,18). The van der Waals surface area contributed by atoms with Crippen molar-refractivity contribution in [1.29, 1.82) is 0 Å². The molecule has 1 aromatic heterocycles. The van der Waals surface area contributed by atoms with Crippen LogP contribution < -0.4 is 14.8 Å². The van der Waals surface area contributed by atoms with Crippen molar-refractivity contribution in [2.45, 2.75) is 0 Å². The maximum atomic E-state index is 13.1. The largest absolute Gasteiger partial charge is 0.454 e. The van der Waals surface area contributed by atoms with Gasteiger partial charge in [-0.05, 0) is 30.3 Å². The van der Waals surface area contributed by atoms with Crippen molar-refractivity contribution in [3.05, 3.63) is 42.2 Å². The molecule has 0 fully saturated rings. The lowest BCUT2D eigenvalue weighted by atomic mass is 10.2. The lowest BCUT2D eigenvalue weighted by molar-refractivity contribution is 0.174. The summed E-state index contributed by atoms with van der Waals surface area (Å²) < 4.78 is 23.7. The quantitative estimate of drug-likeness (QED) is 0.751. The topological polar surface area (TPSA) is 59.2 Å². The van der Waals surface area contributed by atoms with Gasteiger partial charge >= 0.3 is 0 Å². The summed E-state index contributed by atoms with van der Waals surface area (Å²) in [7, 11) is 0. The molecule has 0 aliphatic carbocycles. The second kappa shape index (κ2) is 4.12. The van der Waals surface area contributed by atoms with Gasteiger partial charge < -0.3 is 14.8 Å². The molecule has 2 aromatic carbocycles. The number of anilines is 2. The number of nitrogens with zero attached hydrogens (tertiary/aromatic N) is 1. The minimum atomic E-state index is -0.296. The van der Waals surface area contributed by atoms with Crippen LogP contribution >= 0.6 is 0 Å². The van der Waals surface area contributed by atoms with Gasteiger partial charge in [0.05, 0.1) is 5.52 Å². The number of H-pyrrole nitrogens is 1. The minimum Gasteiger partial charge on any atom is -0.454 e. The molecular weight excluding hydrogens is 261 g/mol. The van der Waals surface area contributed by atoms with E-state index in [9.17, 15) is 4.39 Å². The van der Waals surface area contributed by atoms with Crippen molar-refractivity contribution in [3.8, 4) is 11.5 Å². The zero-order valence-corrected chi connectivity index (χ0v) is 10.3. The van der Waals surface area contributed by atoms with E-state index < -0.39 is 0 Å². The Labute approximate surface area is 113 Å². The molecular formula is C14H10FN3O2. The van der Waals surface area contributed by atoms with Crippen LogP contribution in [0.2, 0.25) is 0 Å². The van der Waals surface area contributed by atoms with Crippen LogP contribution in [0.4, 0.5) is 15.9 Å². The van der Waals surface area contributed by atoms with Crippen molar-refractivity contribution in [2.24, 2.45) is 0 Å². The maximum absolute atomic E-state index is 13.1. The summed E-state index contributed by atoms with van der Waals surface area (Å²) in [5.41, 5.74) is 1.47. The van der Waals surface area contributed by atoms with Crippen LogP contribution in [0.25, 0.3) is 10.9 Å². The van der Waals surface area contributed by atoms with Gasteiger partial charge in [-0.3, -0.25) is 5.10 Å². The fourth-order valence-corrected chi connectivity index (χ4v) is 2.20. The Bertz CT molecular complexity index is 800. The van der Waals surface area contributed by atoms with Crippen molar-refractivity contribution in [3.63, 3.8) is 0 Å². The van der Waals surface area contributed by atoms with Gasteiger partial charge in [-0.25, -0.2) is 4.39 Å². The van der Waals surface area contributed by atoms with E-state index in [0.29, 0.717) is 17.1 Å². The molecule has 0 radical (unpaired) electrons. The van der Waals surface area contributed by atoms with Crippen LogP contribution in [-0.4, -0.2) is 17.0 Å². The molecule has 1 aliphatic heterocycles. The molecule has 6 heteroatoms. The van der Waals surface area contributed by atoms with Gasteiger partial charge in [-0.2, -0.15) is 5.10 Å². The Morgan fingerprint density at radius 3 is 2.95 bits per heavy atom. The number of rotatable bonds is 2. The molecule has 0 saturated heterocycles. The van der Waals surface area contributed by atoms with Gasteiger partial charge in [0.2, 0.25) is 6.79 Å². The molecule has 2 heterocycles. The molecule has 3 aromatic rings. The van der Waals surface area contributed by atoms with Gasteiger partial charge in [0, 0.05) is 17.1 Å². The smallest absolute Gasteiger partial charge is 0.231 e. The zero-order chi connectivity index (χ0) is 13.5. The van der Waals surface area contributed by atoms with Crippen LogP contribution in [0.15, 0.2) is 36.4 Å². The van der Waals surface area contributed by atoms with Crippen LogP contribution in [0.3, 0.4) is 0 Å². The van der Waals surface area contributed by atoms with E-state index in [4.69, 9.17) is 9.47 Å². The first kappa shape index (κ1) is 11.1. The van der Waals surface area contributed by atoms with Gasteiger partial charge in [-0.1, -0.05) is 0 Å². The van der Waals surface area contributed by atoms with Gasteiger partial charge in [0.15, 0.2) is 17.3 Å². The Hall–Kier alpha value is -2.76. The molecule has 2 N–H and O–H groups in total. The number of nitrogens with one attached hydrogen (secondary N) is 2. The van der Waals surface area contributed by atoms with E-state index in [-0.39, 0.29) is 12.6 Å². The number of benzene rings is 2. The van der Waals surface area contributed by atoms with Crippen molar-refractivity contribution in [2.75, 3.05) is 12.1 Å². The summed E-state index contributed by atoms with van der Waals surface area (Å²) in [6, 6.07) is 10.0. The first-order valence-corrected chi connectivity index (χ1v) is 6.10. The molecule has 0 spiro atoms. The lowest BCUT2D eigenvalue weighted by Crippen LogP contribution is -1.93. The Balaban J connectivity index is 1.70. The van der Waals surface area contributed by atoms with E-state index in [1.165, 1.54) is 12.1 Å².